The zero-order valence-corrected chi connectivity index (χ0v) is 12.5. The number of ether oxygens (including phenoxy) is 1. The number of hydrogen-bond donors (Lipinski definition) is 2. The molecular weight excluding hydrogens is 344 g/mol. The largest absolute Gasteiger partial charge is 0.478 e. The summed E-state index contributed by atoms with van der Waals surface area (Å²) in [4.78, 5) is 22.7. The third-order valence-corrected chi connectivity index (χ3v) is 3.14. The summed E-state index contributed by atoms with van der Waals surface area (Å²) in [5.41, 5.74) is 0.418. The van der Waals surface area contributed by atoms with E-state index in [1.54, 1.807) is 19.1 Å². The van der Waals surface area contributed by atoms with E-state index in [1.807, 2.05) is 0 Å². The number of amides is 1. The molecule has 0 aliphatic rings. The normalized spacial score (nSPS) is 10.2. The minimum absolute atomic E-state index is 0.0709. The summed E-state index contributed by atoms with van der Waals surface area (Å²) in [5.74, 6) is -0.741. The van der Waals surface area contributed by atoms with Crippen LogP contribution in [0.1, 0.15) is 16.1 Å². The van der Waals surface area contributed by atoms with Gasteiger partial charge in [-0.2, -0.15) is 0 Å². The van der Waals surface area contributed by atoms with Crippen molar-refractivity contribution < 1.29 is 24.0 Å². The van der Waals surface area contributed by atoms with Gasteiger partial charge in [0.05, 0.1) is 11.3 Å². The van der Waals surface area contributed by atoms with Crippen LogP contribution in [0.25, 0.3) is 0 Å². The second kappa shape index (κ2) is 6.40. The highest BCUT2D eigenvalue weighted by Gasteiger charge is 2.11. The van der Waals surface area contributed by atoms with E-state index in [-0.39, 0.29) is 18.1 Å². The minimum Gasteiger partial charge on any atom is -0.478 e. The molecule has 1 aromatic carbocycles. The number of nitrogens with zero attached hydrogens (tertiary/aromatic N) is 1. The fourth-order valence-corrected chi connectivity index (χ4v) is 1.84. The first-order valence-electron chi connectivity index (χ1n) is 5.84. The summed E-state index contributed by atoms with van der Waals surface area (Å²) in [5, 5.41) is 15.1. The van der Waals surface area contributed by atoms with Gasteiger partial charge in [0.2, 0.25) is 0 Å². The standard InChI is InChI=1S/C13H11BrN2O5/c1-7-4-12(16-21-7)20-6-11(17)15-10-5-8(13(18)19)2-3-9(10)14/h2-5H,6H2,1H3,(H,15,17)(H,18,19). The SMILES string of the molecule is Cc1cc(OCC(=O)Nc2cc(C(=O)O)ccc2Br)no1. The molecule has 0 aliphatic carbocycles. The highest BCUT2D eigenvalue weighted by Crippen LogP contribution is 2.23. The molecule has 1 amide bonds. The molecule has 0 atom stereocenters. The van der Waals surface area contributed by atoms with Crippen molar-refractivity contribution in [3.05, 3.63) is 40.1 Å². The first-order chi connectivity index (χ1) is 9.95. The molecule has 7 nitrogen and oxygen atoms in total. The molecule has 8 heteroatoms. The van der Waals surface area contributed by atoms with Gasteiger partial charge in [0, 0.05) is 10.5 Å². The molecule has 0 unspecified atom stereocenters. The molecule has 0 spiro atoms. The third kappa shape index (κ3) is 4.06. The Morgan fingerprint density at radius 3 is 2.81 bits per heavy atom. The number of carboxylic acid groups (broad SMARTS) is 1. The van der Waals surface area contributed by atoms with Crippen LogP contribution in [0.2, 0.25) is 0 Å². The van der Waals surface area contributed by atoms with E-state index in [0.29, 0.717) is 15.9 Å². The van der Waals surface area contributed by atoms with E-state index in [9.17, 15) is 9.59 Å². The maximum Gasteiger partial charge on any atom is 0.335 e. The predicted molar refractivity (Wildman–Crippen MR) is 76.5 cm³/mol. The molecule has 2 aromatic rings. The van der Waals surface area contributed by atoms with Gasteiger partial charge in [-0.15, -0.1) is 0 Å². The Morgan fingerprint density at radius 2 is 2.19 bits per heavy atom. The van der Waals surface area contributed by atoms with Crippen molar-refractivity contribution in [3.8, 4) is 5.88 Å². The van der Waals surface area contributed by atoms with E-state index < -0.39 is 11.9 Å². The summed E-state index contributed by atoms with van der Waals surface area (Å²) in [6.07, 6.45) is 0. The third-order valence-electron chi connectivity index (χ3n) is 2.44. The molecule has 1 aromatic heterocycles. The average molecular weight is 355 g/mol. The second-order valence-electron chi connectivity index (χ2n) is 4.11. The van der Waals surface area contributed by atoms with E-state index in [2.05, 4.69) is 26.4 Å². The molecule has 0 aliphatic heterocycles. The van der Waals surface area contributed by atoms with E-state index in [1.165, 1.54) is 12.1 Å². The number of halogens is 1. The van der Waals surface area contributed by atoms with E-state index in [0.717, 1.165) is 0 Å². The second-order valence-corrected chi connectivity index (χ2v) is 4.97. The van der Waals surface area contributed by atoms with Gasteiger partial charge < -0.3 is 19.7 Å². The Kier molecular flexibility index (Phi) is 4.59. The number of nitrogens with one attached hydrogen (secondary N) is 1. The molecule has 21 heavy (non-hydrogen) atoms. The molecule has 0 fully saturated rings. The maximum absolute atomic E-state index is 11.8. The Morgan fingerprint density at radius 1 is 1.43 bits per heavy atom. The van der Waals surface area contributed by atoms with E-state index in [4.69, 9.17) is 14.4 Å². The number of carbonyl (C=O) groups excluding carboxylic acids is 1. The van der Waals surface area contributed by atoms with Crippen LogP contribution in [-0.4, -0.2) is 28.7 Å². The number of aromatic carboxylic acids is 1. The summed E-state index contributed by atoms with van der Waals surface area (Å²) in [6.45, 7) is 1.43. The number of aromatic nitrogens is 1. The van der Waals surface area contributed by atoms with Crippen molar-refractivity contribution in [2.45, 2.75) is 6.92 Å². The van der Waals surface area contributed by atoms with Crippen LogP contribution in [0, 0.1) is 6.92 Å². The fourth-order valence-electron chi connectivity index (χ4n) is 1.49. The topological polar surface area (TPSA) is 102 Å². The van der Waals surface area contributed by atoms with Gasteiger partial charge in [-0.25, -0.2) is 4.79 Å². The summed E-state index contributed by atoms with van der Waals surface area (Å²) < 4.78 is 10.5. The van der Waals surface area contributed by atoms with Crippen LogP contribution >= 0.6 is 15.9 Å². The van der Waals surface area contributed by atoms with Gasteiger partial charge in [-0.1, -0.05) is 0 Å². The van der Waals surface area contributed by atoms with Crippen molar-refractivity contribution in [2.75, 3.05) is 11.9 Å². The molecule has 0 saturated heterocycles. The summed E-state index contributed by atoms with van der Waals surface area (Å²) in [6, 6.07) is 5.87. The summed E-state index contributed by atoms with van der Waals surface area (Å²) in [7, 11) is 0. The first-order valence-corrected chi connectivity index (χ1v) is 6.64. The molecular formula is C13H11BrN2O5. The van der Waals surface area contributed by atoms with Crippen LogP contribution in [-0.2, 0) is 4.79 Å². The lowest BCUT2D eigenvalue weighted by atomic mass is 10.2. The van der Waals surface area contributed by atoms with Gasteiger partial charge in [0.25, 0.3) is 11.8 Å². The zero-order chi connectivity index (χ0) is 15.4. The average Bonchev–Trinajstić information content (AvgIpc) is 2.84. The fraction of sp³-hybridized carbons (Fsp3) is 0.154. The molecule has 0 radical (unpaired) electrons. The predicted octanol–water partition coefficient (Wildman–Crippen LogP) is 2.46. The van der Waals surface area contributed by atoms with Crippen molar-refractivity contribution in [1.82, 2.24) is 5.16 Å². The summed E-state index contributed by atoms with van der Waals surface area (Å²) >= 11 is 3.23. The number of anilines is 1. The van der Waals surface area contributed by atoms with Gasteiger partial charge in [0.15, 0.2) is 6.61 Å². The molecule has 0 bridgehead atoms. The number of carboxylic acids is 1. The van der Waals surface area contributed by atoms with Crippen molar-refractivity contribution in [1.29, 1.82) is 0 Å². The van der Waals surface area contributed by atoms with Crippen molar-refractivity contribution >= 4 is 33.5 Å². The maximum atomic E-state index is 11.8. The van der Waals surface area contributed by atoms with Gasteiger partial charge >= 0.3 is 5.97 Å². The molecule has 1 heterocycles. The first kappa shape index (κ1) is 15.0. The quantitative estimate of drug-likeness (QED) is 0.854. The van der Waals surface area contributed by atoms with Gasteiger partial charge in [-0.3, -0.25) is 4.79 Å². The zero-order valence-electron chi connectivity index (χ0n) is 10.9. The van der Waals surface area contributed by atoms with Crippen LogP contribution < -0.4 is 10.1 Å². The van der Waals surface area contributed by atoms with Gasteiger partial charge in [-0.05, 0) is 46.2 Å². The Hall–Kier alpha value is -2.35. The van der Waals surface area contributed by atoms with Crippen LogP contribution in [0.3, 0.4) is 0 Å². The highest BCUT2D eigenvalue weighted by atomic mass is 79.9. The lowest BCUT2D eigenvalue weighted by molar-refractivity contribution is -0.118. The smallest absolute Gasteiger partial charge is 0.335 e. The lowest BCUT2D eigenvalue weighted by Crippen LogP contribution is -2.20. The lowest BCUT2D eigenvalue weighted by Gasteiger charge is -2.08. The number of hydrogen-bond acceptors (Lipinski definition) is 5. The van der Waals surface area contributed by atoms with Crippen LogP contribution in [0.5, 0.6) is 5.88 Å². The van der Waals surface area contributed by atoms with Crippen LogP contribution in [0.15, 0.2) is 33.3 Å². The van der Waals surface area contributed by atoms with Gasteiger partial charge in [0.1, 0.15) is 5.76 Å². The molecule has 0 saturated carbocycles. The number of carbonyl (C=O) groups is 2. The van der Waals surface area contributed by atoms with Crippen molar-refractivity contribution in [2.24, 2.45) is 0 Å². The number of benzene rings is 1. The Balaban J connectivity index is 1.99. The molecule has 2 rings (SSSR count). The van der Waals surface area contributed by atoms with E-state index >= 15 is 0 Å². The molecule has 2 N–H and O–H groups in total. The Labute approximate surface area is 128 Å². The highest BCUT2D eigenvalue weighted by molar-refractivity contribution is 9.10. The van der Waals surface area contributed by atoms with Crippen molar-refractivity contribution in [3.63, 3.8) is 0 Å². The number of rotatable bonds is 5. The monoisotopic (exact) mass is 354 g/mol. The molecule has 110 valence electrons. The minimum atomic E-state index is -1.08. The Bertz CT molecular complexity index is 683. The van der Waals surface area contributed by atoms with Crippen LogP contribution in [0.4, 0.5) is 5.69 Å². The number of aryl methyl sites for hydroxylation is 1.